The zero-order chi connectivity index (χ0) is 27.6. The van der Waals surface area contributed by atoms with E-state index in [-0.39, 0.29) is 22.8 Å². The second kappa shape index (κ2) is 9.61. The molecule has 2 unspecified atom stereocenters. The molecule has 6 heterocycles. The lowest BCUT2D eigenvalue weighted by Gasteiger charge is -2.34. The van der Waals surface area contributed by atoms with Crippen LogP contribution in [0.5, 0.6) is 6.01 Å². The number of ether oxygens (including phenoxy) is 1. The maximum absolute atomic E-state index is 16.6. The Labute approximate surface area is 238 Å². The molecule has 0 aliphatic carbocycles. The highest BCUT2D eigenvalue weighted by Gasteiger charge is 2.45. The van der Waals surface area contributed by atoms with Gasteiger partial charge in [0, 0.05) is 42.3 Å². The van der Waals surface area contributed by atoms with Crippen LogP contribution in [0.4, 0.5) is 10.2 Å². The van der Waals surface area contributed by atoms with Crippen LogP contribution in [0.2, 0.25) is 0 Å². The number of nitriles is 1. The van der Waals surface area contributed by atoms with Gasteiger partial charge in [-0.15, -0.1) is 0 Å². The Balaban J connectivity index is 1.26. The number of halogens is 1. The van der Waals surface area contributed by atoms with Crippen molar-refractivity contribution >= 4 is 27.5 Å². The summed E-state index contributed by atoms with van der Waals surface area (Å²) < 4.78 is 23.0. The van der Waals surface area contributed by atoms with Crippen molar-refractivity contribution in [1.82, 2.24) is 25.2 Å². The molecule has 2 aromatic carbocycles. The number of fused-ring (bicyclic) bond motifs is 5. The molecule has 0 saturated carbocycles. The molecule has 41 heavy (non-hydrogen) atoms. The van der Waals surface area contributed by atoms with Gasteiger partial charge < -0.3 is 15.0 Å². The van der Waals surface area contributed by atoms with Crippen molar-refractivity contribution < 1.29 is 9.13 Å². The number of rotatable bonds is 5. The highest BCUT2D eigenvalue weighted by atomic mass is 19.1. The van der Waals surface area contributed by atoms with Crippen LogP contribution in [0.15, 0.2) is 42.6 Å². The van der Waals surface area contributed by atoms with Gasteiger partial charge in [-0.3, -0.25) is 9.88 Å². The molecular formula is C32H32FN7O. The second-order valence-electron chi connectivity index (χ2n) is 12.1. The van der Waals surface area contributed by atoms with Crippen LogP contribution in [-0.2, 0) is 0 Å². The molecule has 4 aliphatic heterocycles. The molecule has 8 rings (SSSR count). The summed E-state index contributed by atoms with van der Waals surface area (Å²) in [5.41, 5.74) is 1.48. The summed E-state index contributed by atoms with van der Waals surface area (Å²) in [6.45, 7) is 4.33. The molecule has 4 fully saturated rings. The Kier molecular flexibility index (Phi) is 5.83. The largest absolute Gasteiger partial charge is 0.461 e. The van der Waals surface area contributed by atoms with Gasteiger partial charge in [-0.25, -0.2) is 4.39 Å². The molecule has 4 saturated heterocycles. The molecule has 2 bridgehead atoms. The van der Waals surface area contributed by atoms with Crippen molar-refractivity contribution in [3.63, 3.8) is 0 Å². The zero-order valence-corrected chi connectivity index (χ0v) is 22.9. The molecule has 1 N–H and O–H groups in total. The van der Waals surface area contributed by atoms with E-state index in [1.54, 1.807) is 12.3 Å². The number of nitrogens with zero attached hydrogens (tertiary/aromatic N) is 6. The summed E-state index contributed by atoms with van der Waals surface area (Å²) in [5.74, 6) is 0.167. The van der Waals surface area contributed by atoms with Gasteiger partial charge in [-0.1, -0.05) is 30.3 Å². The lowest BCUT2D eigenvalue weighted by atomic mass is 9.95. The molecule has 2 atom stereocenters. The van der Waals surface area contributed by atoms with Crippen molar-refractivity contribution in [3.8, 4) is 23.3 Å². The Morgan fingerprint density at radius 1 is 1.05 bits per heavy atom. The Bertz CT molecular complexity index is 1690. The first kappa shape index (κ1) is 24.9. The maximum atomic E-state index is 16.6. The van der Waals surface area contributed by atoms with E-state index >= 15 is 4.39 Å². The molecular weight excluding hydrogens is 517 g/mol. The molecule has 4 aliphatic rings. The number of benzene rings is 2. The molecule has 4 aromatic rings. The van der Waals surface area contributed by atoms with E-state index < -0.39 is 5.82 Å². The highest BCUT2D eigenvalue weighted by Crippen LogP contribution is 2.40. The third-order valence-corrected chi connectivity index (χ3v) is 9.72. The molecule has 0 amide bonds. The SMILES string of the molecule is N#Cc1cccc2cccc(-c3ncc4c(N5CC6CCC(C5)N6)nc(OCC56CCCN5CCC6)nc4c3F)c12. The fourth-order valence-electron chi connectivity index (χ4n) is 7.78. The van der Waals surface area contributed by atoms with Crippen LogP contribution in [0.1, 0.15) is 44.1 Å². The van der Waals surface area contributed by atoms with E-state index in [0.29, 0.717) is 46.4 Å². The average Bonchev–Trinajstić information content (AvgIpc) is 3.69. The first-order chi connectivity index (χ1) is 20.1. The minimum Gasteiger partial charge on any atom is -0.461 e. The van der Waals surface area contributed by atoms with Gasteiger partial charge >= 0.3 is 6.01 Å². The smallest absolute Gasteiger partial charge is 0.319 e. The number of anilines is 1. The Hall–Kier alpha value is -3.87. The maximum Gasteiger partial charge on any atom is 0.319 e. The summed E-state index contributed by atoms with van der Waals surface area (Å²) in [7, 11) is 0. The van der Waals surface area contributed by atoms with E-state index in [2.05, 4.69) is 26.2 Å². The number of aromatic nitrogens is 3. The molecule has 2 aromatic heterocycles. The number of hydrogen-bond donors (Lipinski definition) is 1. The van der Waals surface area contributed by atoms with E-state index in [1.807, 2.05) is 30.3 Å². The quantitative estimate of drug-likeness (QED) is 0.380. The average molecular weight is 550 g/mol. The van der Waals surface area contributed by atoms with Gasteiger partial charge in [0.2, 0.25) is 0 Å². The first-order valence-electron chi connectivity index (χ1n) is 14.8. The first-order valence-corrected chi connectivity index (χ1v) is 14.8. The third-order valence-electron chi connectivity index (χ3n) is 9.72. The summed E-state index contributed by atoms with van der Waals surface area (Å²) in [6, 6.07) is 14.4. The Morgan fingerprint density at radius 3 is 2.56 bits per heavy atom. The van der Waals surface area contributed by atoms with E-state index in [1.165, 1.54) is 12.8 Å². The number of nitrogens with one attached hydrogen (secondary N) is 1. The van der Waals surface area contributed by atoms with Crippen LogP contribution in [0, 0.1) is 17.1 Å². The van der Waals surface area contributed by atoms with Crippen LogP contribution in [0.25, 0.3) is 32.9 Å². The predicted molar refractivity (Wildman–Crippen MR) is 155 cm³/mol. The van der Waals surface area contributed by atoms with Crippen molar-refractivity contribution in [2.45, 2.75) is 56.1 Å². The second-order valence-corrected chi connectivity index (χ2v) is 12.1. The van der Waals surface area contributed by atoms with Crippen LogP contribution >= 0.6 is 0 Å². The van der Waals surface area contributed by atoms with Gasteiger partial charge in [0.15, 0.2) is 5.82 Å². The van der Waals surface area contributed by atoms with Crippen molar-refractivity contribution in [2.24, 2.45) is 0 Å². The van der Waals surface area contributed by atoms with Gasteiger partial charge in [-0.05, 0) is 63.1 Å². The lowest BCUT2D eigenvalue weighted by Crippen LogP contribution is -2.51. The highest BCUT2D eigenvalue weighted by molar-refractivity contribution is 6.01. The standard InChI is InChI=1S/C32H32FN7O/c33-27-28(24-8-2-6-20-5-1-7-21(15-34)26(20)24)35-16-25-29(27)37-31(41-19-32-11-3-13-40(32)14-4-12-32)38-30(25)39-17-22-9-10-23(18-39)36-22/h1-2,5-8,16,22-23,36H,3-4,9-14,17-19H2. The summed E-state index contributed by atoms with van der Waals surface area (Å²) in [6.07, 6.45) is 8.53. The molecule has 8 nitrogen and oxygen atoms in total. The monoisotopic (exact) mass is 549 g/mol. The zero-order valence-electron chi connectivity index (χ0n) is 22.9. The van der Waals surface area contributed by atoms with Gasteiger partial charge in [-0.2, -0.15) is 15.2 Å². The number of hydrogen-bond acceptors (Lipinski definition) is 8. The fourth-order valence-corrected chi connectivity index (χ4v) is 7.78. The Morgan fingerprint density at radius 2 is 1.80 bits per heavy atom. The van der Waals surface area contributed by atoms with Crippen LogP contribution in [-0.4, -0.2) is 70.3 Å². The number of piperazine rings is 1. The molecule has 9 heteroatoms. The van der Waals surface area contributed by atoms with Crippen LogP contribution < -0.4 is 15.0 Å². The minimum absolute atomic E-state index is 0.0330. The molecule has 0 radical (unpaired) electrons. The van der Waals surface area contributed by atoms with Gasteiger partial charge in [0.05, 0.1) is 22.6 Å². The molecule has 0 spiro atoms. The van der Waals surface area contributed by atoms with Gasteiger partial charge in [0.1, 0.15) is 23.6 Å². The normalized spacial score (nSPS) is 23.3. The van der Waals surface area contributed by atoms with E-state index in [9.17, 15) is 5.26 Å². The van der Waals surface area contributed by atoms with Crippen LogP contribution in [0.3, 0.4) is 0 Å². The van der Waals surface area contributed by atoms with E-state index in [4.69, 9.17) is 14.7 Å². The fraction of sp³-hybridized carbons (Fsp3) is 0.438. The predicted octanol–water partition coefficient (Wildman–Crippen LogP) is 4.80. The summed E-state index contributed by atoms with van der Waals surface area (Å²) >= 11 is 0. The summed E-state index contributed by atoms with van der Waals surface area (Å²) in [5, 5.41) is 15.6. The third kappa shape index (κ3) is 4.03. The van der Waals surface area contributed by atoms with Crippen molar-refractivity contribution in [3.05, 3.63) is 54.0 Å². The van der Waals surface area contributed by atoms with E-state index in [0.717, 1.165) is 57.2 Å². The van der Waals surface area contributed by atoms with Crippen molar-refractivity contribution in [2.75, 3.05) is 37.7 Å². The van der Waals surface area contributed by atoms with Gasteiger partial charge in [0.25, 0.3) is 0 Å². The molecule has 208 valence electrons. The topological polar surface area (TPSA) is 90.2 Å². The van der Waals surface area contributed by atoms with Crippen molar-refractivity contribution in [1.29, 1.82) is 5.26 Å². The minimum atomic E-state index is -0.518. The lowest BCUT2D eigenvalue weighted by molar-refractivity contribution is 0.108. The summed E-state index contributed by atoms with van der Waals surface area (Å²) in [4.78, 5) is 19.0. The number of pyridine rings is 1.